The van der Waals surface area contributed by atoms with Crippen LogP contribution in [0.3, 0.4) is 0 Å². The summed E-state index contributed by atoms with van der Waals surface area (Å²) in [6.45, 7) is 4.22. The Morgan fingerprint density at radius 3 is 2.91 bits per heavy atom. The van der Waals surface area contributed by atoms with Crippen molar-refractivity contribution >= 4 is 0 Å². The first-order valence-electron chi connectivity index (χ1n) is 3.72. The number of rotatable bonds is 2. The van der Waals surface area contributed by atoms with Gasteiger partial charge in [-0.3, -0.25) is 4.79 Å². The van der Waals surface area contributed by atoms with E-state index in [-0.39, 0.29) is 5.56 Å². The summed E-state index contributed by atoms with van der Waals surface area (Å²) < 4.78 is 0. The molecular formula is C8H12N2O. The molecule has 11 heavy (non-hydrogen) atoms. The van der Waals surface area contributed by atoms with E-state index in [0.29, 0.717) is 5.92 Å². The molecule has 0 bridgehead atoms. The first-order chi connectivity index (χ1) is 5.18. The van der Waals surface area contributed by atoms with Gasteiger partial charge in [0.05, 0.1) is 6.20 Å². The zero-order valence-electron chi connectivity index (χ0n) is 6.79. The maximum atomic E-state index is 10.8. The van der Waals surface area contributed by atoms with Gasteiger partial charge in [-0.15, -0.1) is 0 Å². The highest BCUT2D eigenvalue weighted by atomic mass is 16.1. The number of hydrogen-bond donors (Lipinski definition) is 1. The lowest BCUT2D eigenvalue weighted by molar-refractivity contribution is 0.643. The standard InChI is InChI=1S/C8H12N2O/c1-6(2)3-7-4-8(11)10-9-5-7/h4-6H,3H2,1-2H3,(H,10,11). The monoisotopic (exact) mass is 152 g/mol. The smallest absolute Gasteiger partial charge is 0.264 e. The van der Waals surface area contributed by atoms with Crippen LogP contribution in [0.4, 0.5) is 0 Å². The summed E-state index contributed by atoms with van der Waals surface area (Å²) in [5.74, 6) is 0.568. The number of nitrogens with zero attached hydrogens (tertiary/aromatic N) is 1. The van der Waals surface area contributed by atoms with Crippen LogP contribution in [0.25, 0.3) is 0 Å². The van der Waals surface area contributed by atoms with E-state index >= 15 is 0 Å². The van der Waals surface area contributed by atoms with Crippen molar-refractivity contribution in [3.05, 3.63) is 28.2 Å². The van der Waals surface area contributed by atoms with Crippen molar-refractivity contribution in [1.29, 1.82) is 0 Å². The number of hydrogen-bond acceptors (Lipinski definition) is 2. The molecular weight excluding hydrogens is 140 g/mol. The fourth-order valence-electron chi connectivity index (χ4n) is 1.000. The number of H-pyrrole nitrogens is 1. The van der Waals surface area contributed by atoms with Crippen LogP contribution in [-0.2, 0) is 6.42 Å². The Morgan fingerprint density at radius 2 is 2.36 bits per heavy atom. The van der Waals surface area contributed by atoms with Gasteiger partial charge in [0, 0.05) is 6.07 Å². The topological polar surface area (TPSA) is 45.8 Å². The normalized spacial score (nSPS) is 10.5. The first-order valence-corrected chi connectivity index (χ1v) is 3.72. The van der Waals surface area contributed by atoms with Crippen molar-refractivity contribution in [2.24, 2.45) is 5.92 Å². The fraction of sp³-hybridized carbons (Fsp3) is 0.500. The summed E-state index contributed by atoms with van der Waals surface area (Å²) in [4.78, 5) is 10.8. The quantitative estimate of drug-likeness (QED) is 0.686. The van der Waals surface area contributed by atoms with Crippen LogP contribution in [-0.4, -0.2) is 10.2 Å². The Morgan fingerprint density at radius 1 is 1.64 bits per heavy atom. The maximum absolute atomic E-state index is 10.8. The van der Waals surface area contributed by atoms with E-state index in [9.17, 15) is 4.79 Å². The molecule has 0 aliphatic rings. The average Bonchev–Trinajstić information content (AvgIpc) is 1.85. The average molecular weight is 152 g/mol. The summed E-state index contributed by atoms with van der Waals surface area (Å²) in [5, 5.41) is 6.04. The fourth-order valence-corrected chi connectivity index (χ4v) is 1.000. The van der Waals surface area contributed by atoms with Crippen molar-refractivity contribution < 1.29 is 0 Å². The molecule has 0 saturated heterocycles. The molecule has 0 aromatic carbocycles. The van der Waals surface area contributed by atoms with Gasteiger partial charge < -0.3 is 0 Å². The molecule has 3 nitrogen and oxygen atoms in total. The summed E-state index contributed by atoms with van der Waals surface area (Å²) in [7, 11) is 0. The number of nitrogens with one attached hydrogen (secondary N) is 1. The predicted molar refractivity (Wildman–Crippen MR) is 43.4 cm³/mol. The van der Waals surface area contributed by atoms with E-state index in [4.69, 9.17) is 0 Å². The number of aromatic nitrogens is 2. The molecule has 1 heterocycles. The van der Waals surface area contributed by atoms with Crippen LogP contribution >= 0.6 is 0 Å². The highest BCUT2D eigenvalue weighted by molar-refractivity contribution is 5.05. The second-order valence-electron chi connectivity index (χ2n) is 3.05. The van der Waals surface area contributed by atoms with Crippen LogP contribution in [0, 0.1) is 5.92 Å². The van der Waals surface area contributed by atoms with Gasteiger partial charge in [-0.2, -0.15) is 5.10 Å². The minimum Gasteiger partial charge on any atom is -0.268 e. The van der Waals surface area contributed by atoms with E-state index in [2.05, 4.69) is 24.0 Å². The maximum Gasteiger partial charge on any atom is 0.264 e. The molecule has 0 spiro atoms. The van der Waals surface area contributed by atoms with Crippen molar-refractivity contribution in [3.8, 4) is 0 Å². The van der Waals surface area contributed by atoms with E-state index < -0.39 is 0 Å². The van der Waals surface area contributed by atoms with Crippen molar-refractivity contribution in [1.82, 2.24) is 10.2 Å². The van der Waals surface area contributed by atoms with Gasteiger partial charge in [0.15, 0.2) is 0 Å². The second kappa shape index (κ2) is 3.32. The number of aromatic amines is 1. The van der Waals surface area contributed by atoms with Crippen LogP contribution in [0.15, 0.2) is 17.1 Å². The van der Waals surface area contributed by atoms with Gasteiger partial charge in [0.1, 0.15) is 0 Å². The van der Waals surface area contributed by atoms with Gasteiger partial charge in [0.2, 0.25) is 0 Å². The molecule has 1 N–H and O–H groups in total. The van der Waals surface area contributed by atoms with Crippen molar-refractivity contribution in [2.75, 3.05) is 0 Å². The largest absolute Gasteiger partial charge is 0.268 e. The lowest BCUT2D eigenvalue weighted by Gasteiger charge is -2.01. The summed E-state index contributed by atoms with van der Waals surface area (Å²) in [6.07, 6.45) is 2.61. The Hall–Kier alpha value is -1.12. The molecule has 1 aromatic rings. The van der Waals surface area contributed by atoms with E-state index in [1.54, 1.807) is 12.3 Å². The molecule has 1 rings (SSSR count). The zero-order chi connectivity index (χ0) is 8.27. The molecule has 0 aliphatic heterocycles. The predicted octanol–water partition coefficient (Wildman–Crippen LogP) is 0.968. The lowest BCUT2D eigenvalue weighted by atomic mass is 10.1. The minimum atomic E-state index is -0.122. The molecule has 0 fully saturated rings. The molecule has 0 amide bonds. The third-order valence-corrected chi connectivity index (χ3v) is 1.37. The van der Waals surface area contributed by atoms with Gasteiger partial charge in [-0.05, 0) is 17.9 Å². The Kier molecular flexibility index (Phi) is 2.41. The molecule has 60 valence electrons. The minimum absolute atomic E-state index is 0.122. The Bertz CT molecular complexity index is 277. The third-order valence-electron chi connectivity index (χ3n) is 1.37. The highest BCUT2D eigenvalue weighted by Gasteiger charge is 1.97. The summed E-state index contributed by atoms with van der Waals surface area (Å²) in [6, 6.07) is 1.59. The SMILES string of the molecule is CC(C)Cc1cn[nH]c(=O)c1. The lowest BCUT2D eigenvalue weighted by Crippen LogP contribution is -2.08. The molecule has 3 heteroatoms. The van der Waals surface area contributed by atoms with Crippen LogP contribution in [0.5, 0.6) is 0 Å². The Labute approximate surface area is 65.5 Å². The molecule has 0 radical (unpaired) electrons. The first kappa shape index (κ1) is 7.98. The van der Waals surface area contributed by atoms with E-state index in [1.165, 1.54) is 0 Å². The zero-order valence-corrected chi connectivity index (χ0v) is 6.79. The van der Waals surface area contributed by atoms with Crippen molar-refractivity contribution in [2.45, 2.75) is 20.3 Å². The van der Waals surface area contributed by atoms with Gasteiger partial charge >= 0.3 is 0 Å². The van der Waals surface area contributed by atoms with Gasteiger partial charge in [0.25, 0.3) is 5.56 Å². The molecule has 1 aromatic heterocycles. The second-order valence-corrected chi connectivity index (χ2v) is 3.05. The van der Waals surface area contributed by atoms with Crippen molar-refractivity contribution in [3.63, 3.8) is 0 Å². The van der Waals surface area contributed by atoms with E-state index in [0.717, 1.165) is 12.0 Å². The molecule has 0 atom stereocenters. The van der Waals surface area contributed by atoms with E-state index in [1.807, 2.05) is 0 Å². The van der Waals surface area contributed by atoms with Crippen LogP contribution in [0.1, 0.15) is 19.4 Å². The summed E-state index contributed by atoms with van der Waals surface area (Å²) >= 11 is 0. The van der Waals surface area contributed by atoms with Crippen LogP contribution < -0.4 is 5.56 Å². The van der Waals surface area contributed by atoms with Crippen LogP contribution in [0.2, 0.25) is 0 Å². The molecule has 0 aliphatic carbocycles. The Balaban J connectivity index is 2.80. The highest BCUT2D eigenvalue weighted by Crippen LogP contribution is 2.02. The van der Waals surface area contributed by atoms with Gasteiger partial charge in [-0.1, -0.05) is 13.8 Å². The van der Waals surface area contributed by atoms with Gasteiger partial charge in [-0.25, -0.2) is 5.10 Å². The molecule has 0 saturated carbocycles. The third kappa shape index (κ3) is 2.53. The summed E-state index contributed by atoms with van der Waals surface area (Å²) in [5.41, 5.74) is 0.881. The molecule has 0 unspecified atom stereocenters.